The molecule has 1 atom stereocenters. The van der Waals surface area contributed by atoms with Crippen molar-refractivity contribution in [2.75, 3.05) is 6.54 Å². The molecule has 0 spiro atoms. The van der Waals surface area contributed by atoms with Crippen LogP contribution in [0.3, 0.4) is 0 Å². The number of nitrogens with one attached hydrogen (secondary N) is 2. The maximum atomic E-state index is 13.8. The standard InChI is InChI=1S/C20H20Cl2F2N2O2/c1-11(2)18(26-19(27)17-15(23)4-3-5-16(17)24)20(28)25-7-6-12-8-13(21)10-14(22)9-12/h3-5,8-11,18H,6-7H2,1-2H3,(H,25,28)(H,26,27). The van der Waals surface area contributed by atoms with E-state index in [4.69, 9.17) is 23.2 Å². The first-order chi connectivity index (χ1) is 13.2. The van der Waals surface area contributed by atoms with Crippen molar-refractivity contribution in [3.8, 4) is 0 Å². The molecule has 4 nitrogen and oxygen atoms in total. The maximum absolute atomic E-state index is 13.8. The van der Waals surface area contributed by atoms with E-state index in [9.17, 15) is 18.4 Å². The Balaban J connectivity index is 2.00. The minimum absolute atomic E-state index is 0.280. The van der Waals surface area contributed by atoms with Crippen molar-refractivity contribution < 1.29 is 18.4 Å². The largest absolute Gasteiger partial charge is 0.354 e. The lowest BCUT2D eigenvalue weighted by Crippen LogP contribution is -2.50. The number of benzene rings is 2. The molecule has 150 valence electrons. The summed E-state index contributed by atoms with van der Waals surface area (Å²) in [6.07, 6.45) is 0.479. The SMILES string of the molecule is CC(C)C(NC(=O)c1c(F)cccc1F)C(=O)NCCc1cc(Cl)cc(Cl)c1. The highest BCUT2D eigenvalue weighted by atomic mass is 35.5. The second kappa shape index (κ2) is 9.85. The Morgan fingerprint density at radius 2 is 1.61 bits per heavy atom. The van der Waals surface area contributed by atoms with Gasteiger partial charge in [-0.15, -0.1) is 0 Å². The Morgan fingerprint density at radius 3 is 2.14 bits per heavy atom. The monoisotopic (exact) mass is 428 g/mol. The number of amides is 2. The molecule has 0 saturated carbocycles. The summed E-state index contributed by atoms with van der Waals surface area (Å²) in [6.45, 7) is 3.72. The van der Waals surface area contributed by atoms with E-state index in [1.54, 1.807) is 32.0 Å². The third-order valence-electron chi connectivity index (χ3n) is 4.06. The average Bonchev–Trinajstić information content (AvgIpc) is 2.58. The minimum Gasteiger partial charge on any atom is -0.354 e. The second-order valence-corrected chi connectivity index (χ2v) is 7.48. The molecule has 0 aromatic heterocycles. The van der Waals surface area contributed by atoms with Crippen molar-refractivity contribution in [3.63, 3.8) is 0 Å². The van der Waals surface area contributed by atoms with E-state index in [0.29, 0.717) is 16.5 Å². The van der Waals surface area contributed by atoms with E-state index in [0.717, 1.165) is 23.8 Å². The van der Waals surface area contributed by atoms with Gasteiger partial charge in [-0.2, -0.15) is 0 Å². The summed E-state index contributed by atoms with van der Waals surface area (Å²) in [5.74, 6) is -3.70. The molecule has 0 heterocycles. The van der Waals surface area contributed by atoms with E-state index in [1.807, 2.05) is 0 Å². The number of hydrogen-bond donors (Lipinski definition) is 2. The molecule has 2 aromatic rings. The maximum Gasteiger partial charge on any atom is 0.257 e. The van der Waals surface area contributed by atoms with Crippen molar-refractivity contribution in [1.82, 2.24) is 10.6 Å². The number of rotatable bonds is 7. The first-order valence-electron chi connectivity index (χ1n) is 8.66. The van der Waals surface area contributed by atoms with Crippen LogP contribution in [-0.2, 0) is 11.2 Å². The van der Waals surface area contributed by atoms with Crippen LogP contribution in [-0.4, -0.2) is 24.4 Å². The number of carbonyl (C=O) groups excluding carboxylic acids is 2. The fraction of sp³-hybridized carbons (Fsp3) is 0.300. The molecule has 0 radical (unpaired) electrons. The Kier molecular flexibility index (Phi) is 7.78. The van der Waals surface area contributed by atoms with Crippen molar-refractivity contribution in [1.29, 1.82) is 0 Å². The summed E-state index contributed by atoms with van der Waals surface area (Å²) in [5.41, 5.74) is 0.130. The quantitative estimate of drug-likeness (QED) is 0.686. The molecule has 0 aliphatic carbocycles. The highest BCUT2D eigenvalue weighted by Gasteiger charge is 2.27. The van der Waals surface area contributed by atoms with E-state index >= 15 is 0 Å². The fourth-order valence-electron chi connectivity index (χ4n) is 2.66. The summed E-state index contributed by atoms with van der Waals surface area (Å²) >= 11 is 11.9. The molecule has 1 unspecified atom stereocenters. The second-order valence-electron chi connectivity index (χ2n) is 6.61. The molecule has 0 aliphatic rings. The molecule has 0 saturated heterocycles. The Labute approximate surface area is 172 Å². The predicted octanol–water partition coefficient (Wildman–Crippen LogP) is 4.38. The Bertz CT molecular complexity index is 835. The van der Waals surface area contributed by atoms with Gasteiger partial charge < -0.3 is 10.6 Å². The third-order valence-corrected chi connectivity index (χ3v) is 4.50. The van der Waals surface area contributed by atoms with Crippen molar-refractivity contribution in [2.24, 2.45) is 5.92 Å². The lowest BCUT2D eigenvalue weighted by molar-refractivity contribution is -0.123. The van der Waals surface area contributed by atoms with Crippen LogP contribution in [0.5, 0.6) is 0 Å². The minimum atomic E-state index is -0.988. The molecular formula is C20H20Cl2F2N2O2. The van der Waals surface area contributed by atoms with Crippen molar-refractivity contribution >= 4 is 35.0 Å². The zero-order valence-electron chi connectivity index (χ0n) is 15.4. The number of halogens is 4. The van der Waals surface area contributed by atoms with Crippen LogP contribution in [0.15, 0.2) is 36.4 Å². The molecule has 0 fully saturated rings. The smallest absolute Gasteiger partial charge is 0.257 e. The fourth-order valence-corrected chi connectivity index (χ4v) is 3.23. The van der Waals surface area contributed by atoms with Crippen molar-refractivity contribution in [2.45, 2.75) is 26.3 Å². The molecule has 28 heavy (non-hydrogen) atoms. The lowest BCUT2D eigenvalue weighted by Gasteiger charge is -2.22. The summed E-state index contributed by atoms with van der Waals surface area (Å²) in [6, 6.07) is 7.27. The van der Waals surface area contributed by atoms with Gasteiger partial charge in [-0.3, -0.25) is 9.59 Å². The lowest BCUT2D eigenvalue weighted by atomic mass is 10.0. The topological polar surface area (TPSA) is 58.2 Å². The van der Waals surface area contributed by atoms with Gasteiger partial charge in [0.05, 0.1) is 0 Å². The summed E-state index contributed by atoms with van der Waals surface area (Å²) in [5, 5.41) is 6.11. The zero-order valence-corrected chi connectivity index (χ0v) is 16.9. The van der Waals surface area contributed by atoms with Gasteiger partial charge in [0.25, 0.3) is 5.91 Å². The zero-order chi connectivity index (χ0) is 20.8. The van der Waals surface area contributed by atoms with E-state index in [1.165, 1.54) is 0 Å². The molecule has 8 heteroatoms. The van der Waals surface area contributed by atoms with Crippen LogP contribution in [0.2, 0.25) is 10.0 Å². The Morgan fingerprint density at radius 1 is 1.04 bits per heavy atom. The number of carbonyl (C=O) groups is 2. The van der Waals surface area contributed by atoms with Crippen LogP contribution in [0.1, 0.15) is 29.8 Å². The van der Waals surface area contributed by atoms with Crippen LogP contribution in [0, 0.1) is 17.6 Å². The summed E-state index contributed by atoms with van der Waals surface area (Å²) in [4.78, 5) is 24.8. The van der Waals surface area contributed by atoms with Gasteiger partial charge in [-0.05, 0) is 48.2 Å². The summed E-state index contributed by atoms with van der Waals surface area (Å²) < 4.78 is 27.6. The van der Waals surface area contributed by atoms with E-state index in [2.05, 4.69) is 10.6 Å². The van der Waals surface area contributed by atoms with Crippen molar-refractivity contribution in [3.05, 3.63) is 69.2 Å². The third kappa shape index (κ3) is 5.91. The Hall–Kier alpha value is -2.18. The normalized spacial score (nSPS) is 12.0. The van der Waals surface area contributed by atoms with E-state index in [-0.39, 0.29) is 12.5 Å². The first-order valence-corrected chi connectivity index (χ1v) is 9.42. The van der Waals surface area contributed by atoms with Crippen LogP contribution in [0.4, 0.5) is 8.78 Å². The highest BCUT2D eigenvalue weighted by Crippen LogP contribution is 2.19. The predicted molar refractivity (Wildman–Crippen MR) is 106 cm³/mol. The molecule has 0 aliphatic heterocycles. The van der Waals surface area contributed by atoms with Gasteiger partial charge in [0.1, 0.15) is 23.2 Å². The van der Waals surface area contributed by atoms with Gasteiger partial charge in [-0.1, -0.05) is 43.1 Å². The van der Waals surface area contributed by atoms with Gasteiger partial charge in [0.15, 0.2) is 0 Å². The van der Waals surface area contributed by atoms with Gasteiger partial charge >= 0.3 is 0 Å². The molecule has 2 aromatic carbocycles. The molecular weight excluding hydrogens is 409 g/mol. The van der Waals surface area contributed by atoms with Gasteiger partial charge in [0.2, 0.25) is 5.91 Å². The first kappa shape index (κ1) is 22.1. The van der Waals surface area contributed by atoms with Crippen LogP contribution in [0.25, 0.3) is 0 Å². The molecule has 2 rings (SSSR count). The van der Waals surface area contributed by atoms with E-state index < -0.39 is 35.1 Å². The van der Waals surface area contributed by atoms with Gasteiger partial charge in [-0.25, -0.2) is 8.78 Å². The molecule has 0 bridgehead atoms. The van der Waals surface area contributed by atoms with Crippen LogP contribution >= 0.6 is 23.2 Å². The van der Waals surface area contributed by atoms with Crippen LogP contribution < -0.4 is 10.6 Å². The highest BCUT2D eigenvalue weighted by molar-refractivity contribution is 6.34. The summed E-state index contributed by atoms with van der Waals surface area (Å²) in [7, 11) is 0. The van der Waals surface area contributed by atoms with Gasteiger partial charge in [0, 0.05) is 16.6 Å². The molecule has 2 N–H and O–H groups in total. The number of hydrogen-bond acceptors (Lipinski definition) is 2. The average molecular weight is 429 g/mol. The molecule has 2 amide bonds.